The third-order valence-electron chi connectivity index (χ3n) is 6.91. The van der Waals surface area contributed by atoms with E-state index >= 15 is 0 Å². The Bertz CT molecular complexity index is 1140. The number of nitrogens with one attached hydrogen (secondary N) is 1. The third kappa shape index (κ3) is 4.48. The second-order valence-electron chi connectivity index (χ2n) is 9.14. The molecule has 0 bridgehead atoms. The summed E-state index contributed by atoms with van der Waals surface area (Å²) in [7, 11) is 0. The number of fused-ring (bicyclic) bond motifs is 1. The molecular formula is C27H29N3O4. The number of ketones is 1. The number of allylic oxidation sites excluding steroid dienone is 1. The number of rotatable bonds is 6. The van der Waals surface area contributed by atoms with Crippen LogP contribution in [-0.2, 0) is 22.5 Å². The summed E-state index contributed by atoms with van der Waals surface area (Å²) in [5, 5.41) is 2.76. The minimum absolute atomic E-state index is 0.103. The summed E-state index contributed by atoms with van der Waals surface area (Å²) in [6, 6.07) is 13.1. The number of piperidine rings is 1. The number of Topliss-reactive ketones (excluding diaryl/α,β-unsaturated/α-hetero) is 1. The van der Waals surface area contributed by atoms with Crippen LogP contribution in [0.5, 0.6) is 0 Å². The molecule has 1 atom stereocenters. The first-order valence-corrected chi connectivity index (χ1v) is 11.9. The standard InChI is InChI=1S/C27H29N3O4/c1-18-2-10-24(26(32)28-18)30-17-21-16-19(3-9-23(21)27(30)33)4-11-25(31)20-5-7-22(8-6-20)29-12-14-34-15-13-29/h3,5-9,16,24H,1-2,4,10-15,17H2,(H,28,32). The van der Waals surface area contributed by atoms with Crippen LogP contribution in [0.4, 0.5) is 5.69 Å². The van der Waals surface area contributed by atoms with Gasteiger partial charge in [0.05, 0.1) is 13.2 Å². The first-order chi connectivity index (χ1) is 16.5. The lowest BCUT2D eigenvalue weighted by molar-refractivity contribution is -0.126. The van der Waals surface area contributed by atoms with E-state index in [4.69, 9.17) is 4.74 Å². The maximum Gasteiger partial charge on any atom is 0.255 e. The van der Waals surface area contributed by atoms with Crippen molar-refractivity contribution in [1.82, 2.24) is 10.2 Å². The molecule has 0 radical (unpaired) electrons. The van der Waals surface area contributed by atoms with Gasteiger partial charge in [0.1, 0.15) is 6.04 Å². The fraction of sp³-hybridized carbons (Fsp3) is 0.370. The predicted octanol–water partition coefficient (Wildman–Crippen LogP) is 3.09. The summed E-state index contributed by atoms with van der Waals surface area (Å²) >= 11 is 0. The SMILES string of the molecule is C=C1CCC(N2Cc3cc(CCC(=O)c4ccc(N5CCOCC5)cc4)ccc3C2=O)C(=O)N1. The van der Waals surface area contributed by atoms with Gasteiger partial charge in [0.25, 0.3) is 5.91 Å². The number of anilines is 1. The maximum atomic E-state index is 12.9. The molecule has 0 aromatic heterocycles. The topological polar surface area (TPSA) is 79.0 Å². The van der Waals surface area contributed by atoms with E-state index in [0.29, 0.717) is 49.1 Å². The van der Waals surface area contributed by atoms with Gasteiger partial charge < -0.3 is 19.9 Å². The smallest absolute Gasteiger partial charge is 0.255 e. The monoisotopic (exact) mass is 459 g/mol. The van der Waals surface area contributed by atoms with Crippen molar-refractivity contribution >= 4 is 23.3 Å². The predicted molar refractivity (Wildman–Crippen MR) is 129 cm³/mol. The van der Waals surface area contributed by atoms with Gasteiger partial charge in [-0.25, -0.2) is 0 Å². The minimum atomic E-state index is -0.462. The summed E-state index contributed by atoms with van der Waals surface area (Å²) < 4.78 is 5.40. The van der Waals surface area contributed by atoms with Gasteiger partial charge in [0.15, 0.2) is 5.78 Å². The summed E-state index contributed by atoms with van der Waals surface area (Å²) in [6.45, 7) is 7.42. The van der Waals surface area contributed by atoms with Crippen LogP contribution in [0.2, 0.25) is 0 Å². The molecule has 3 heterocycles. The molecule has 1 N–H and O–H groups in total. The highest BCUT2D eigenvalue weighted by atomic mass is 16.5. The largest absolute Gasteiger partial charge is 0.378 e. The number of morpholine rings is 1. The van der Waals surface area contributed by atoms with E-state index in [-0.39, 0.29) is 17.6 Å². The number of benzene rings is 2. The molecule has 1 unspecified atom stereocenters. The summed E-state index contributed by atoms with van der Waals surface area (Å²) in [4.78, 5) is 41.9. The normalized spacial score (nSPS) is 20.4. The highest BCUT2D eigenvalue weighted by Gasteiger charge is 2.38. The zero-order valence-corrected chi connectivity index (χ0v) is 19.2. The van der Waals surface area contributed by atoms with Crippen molar-refractivity contribution in [2.24, 2.45) is 0 Å². The molecule has 2 fully saturated rings. The number of carbonyl (C=O) groups excluding carboxylic acids is 3. The summed E-state index contributed by atoms with van der Waals surface area (Å²) in [6.07, 6.45) is 2.28. The molecule has 0 spiro atoms. The number of nitrogens with zero attached hydrogens (tertiary/aromatic N) is 2. The van der Waals surface area contributed by atoms with Crippen LogP contribution in [0.15, 0.2) is 54.7 Å². The van der Waals surface area contributed by atoms with E-state index in [1.807, 2.05) is 42.5 Å². The van der Waals surface area contributed by atoms with Crippen molar-refractivity contribution in [2.45, 2.75) is 38.3 Å². The highest BCUT2D eigenvalue weighted by Crippen LogP contribution is 2.29. The molecule has 3 aliphatic heterocycles. The van der Waals surface area contributed by atoms with Crippen molar-refractivity contribution in [3.63, 3.8) is 0 Å². The molecule has 2 saturated heterocycles. The van der Waals surface area contributed by atoms with Crippen molar-refractivity contribution in [2.75, 3.05) is 31.2 Å². The molecule has 0 saturated carbocycles. The molecule has 5 rings (SSSR count). The zero-order chi connectivity index (χ0) is 23.7. The Hall–Kier alpha value is -3.45. The van der Waals surface area contributed by atoms with Crippen LogP contribution in [0, 0.1) is 0 Å². The van der Waals surface area contributed by atoms with Crippen LogP contribution in [-0.4, -0.2) is 54.8 Å². The summed E-state index contributed by atoms with van der Waals surface area (Å²) in [5.41, 5.74) is 5.11. The fourth-order valence-electron chi connectivity index (χ4n) is 4.95. The van der Waals surface area contributed by atoms with E-state index in [1.54, 1.807) is 4.90 Å². The van der Waals surface area contributed by atoms with Gasteiger partial charge in [-0.15, -0.1) is 0 Å². The molecule has 3 aliphatic rings. The number of ether oxygens (including phenoxy) is 1. The molecule has 2 aromatic carbocycles. The molecule has 7 nitrogen and oxygen atoms in total. The Kier molecular flexibility index (Phi) is 6.20. The molecule has 176 valence electrons. The summed E-state index contributed by atoms with van der Waals surface area (Å²) in [5.74, 6) is -0.167. The zero-order valence-electron chi connectivity index (χ0n) is 19.2. The second kappa shape index (κ2) is 9.43. The van der Waals surface area contributed by atoms with Crippen LogP contribution < -0.4 is 10.2 Å². The second-order valence-corrected chi connectivity index (χ2v) is 9.14. The van der Waals surface area contributed by atoms with E-state index < -0.39 is 6.04 Å². The quantitative estimate of drug-likeness (QED) is 0.672. The lowest BCUT2D eigenvalue weighted by atomic mass is 9.99. The number of aryl methyl sites for hydroxylation is 1. The van der Waals surface area contributed by atoms with Gasteiger partial charge in [-0.3, -0.25) is 14.4 Å². The minimum Gasteiger partial charge on any atom is -0.378 e. The Morgan fingerprint density at radius 1 is 1.09 bits per heavy atom. The van der Waals surface area contributed by atoms with E-state index in [9.17, 15) is 14.4 Å². The number of amides is 2. The Morgan fingerprint density at radius 2 is 1.85 bits per heavy atom. The molecule has 0 aliphatic carbocycles. The number of hydrogen-bond donors (Lipinski definition) is 1. The lowest BCUT2D eigenvalue weighted by Gasteiger charge is -2.30. The van der Waals surface area contributed by atoms with Crippen LogP contribution in [0.1, 0.15) is 51.1 Å². The van der Waals surface area contributed by atoms with Gasteiger partial charge in [0, 0.05) is 48.6 Å². The average molecular weight is 460 g/mol. The lowest BCUT2D eigenvalue weighted by Crippen LogP contribution is -2.49. The van der Waals surface area contributed by atoms with Crippen LogP contribution >= 0.6 is 0 Å². The van der Waals surface area contributed by atoms with Gasteiger partial charge in [-0.2, -0.15) is 0 Å². The van der Waals surface area contributed by atoms with E-state index in [1.165, 1.54) is 0 Å². The van der Waals surface area contributed by atoms with Gasteiger partial charge in [0.2, 0.25) is 5.91 Å². The maximum absolute atomic E-state index is 12.9. The van der Waals surface area contributed by atoms with Crippen molar-refractivity contribution in [3.05, 3.63) is 77.0 Å². The molecular weight excluding hydrogens is 430 g/mol. The van der Waals surface area contributed by atoms with Crippen molar-refractivity contribution < 1.29 is 19.1 Å². The fourth-order valence-corrected chi connectivity index (χ4v) is 4.95. The van der Waals surface area contributed by atoms with Gasteiger partial charge in [-0.1, -0.05) is 18.7 Å². The third-order valence-corrected chi connectivity index (χ3v) is 6.91. The molecule has 34 heavy (non-hydrogen) atoms. The van der Waals surface area contributed by atoms with Crippen LogP contribution in [0.3, 0.4) is 0 Å². The van der Waals surface area contributed by atoms with E-state index in [2.05, 4.69) is 16.8 Å². The van der Waals surface area contributed by atoms with E-state index in [0.717, 1.165) is 43.1 Å². The Morgan fingerprint density at radius 3 is 2.59 bits per heavy atom. The van der Waals surface area contributed by atoms with Crippen LogP contribution in [0.25, 0.3) is 0 Å². The number of hydrogen-bond acceptors (Lipinski definition) is 5. The van der Waals surface area contributed by atoms with Gasteiger partial charge in [-0.05, 0) is 60.7 Å². The first kappa shape index (κ1) is 22.3. The Labute approximate surface area is 199 Å². The average Bonchev–Trinajstić information content (AvgIpc) is 3.18. The van der Waals surface area contributed by atoms with Gasteiger partial charge >= 0.3 is 0 Å². The highest BCUT2D eigenvalue weighted by molar-refractivity contribution is 6.01. The first-order valence-electron chi connectivity index (χ1n) is 11.9. The molecule has 7 heteroatoms. The van der Waals surface area contributed by atoms with Crippen molar-refractivity contribution in [1.29, 1.82) is 0 Å². The Balaban J connectivity index is 1.20. The number of carbonyl (C=O) groups is 3. The molecule has 2 aromatic rings. The van der Waals surface area contributed by atoms with Crippen molar-refractivity contribution in [3.8, 4) is 0 Å². The molecule has 2 amide bonds.